The van der Waals surface area contributed by atoms with Gasteiger partial charge in [0.2, 0.25) is 0 Å². The normalized spacial score (nSPS) is 8.92. The minimum absolute atomic E-state index is 0.486. The van der Waals surface area contributed by atoms with Gasteiger partial charge in [-0.2, -0.15) is 0 Å². The summed E-state index contributed by atoms with van der Waals surface area (Å²) in [4.78, 5) is 10.7. The van der Waals surface area contributed by atoms with Crippen molar-refractivity contribution in [1.82, 2.24) is 0 Å². The van der Waals surface area contributed by atoms with E-state index in [4.69, 9.17) is 11.2 Å². The molecule has 0 aliphatic carbocycles. The molecule has 0 aromatic heterocycles. The molecule has 0 spiro atoms. The van der Waals surface area contributed by atoms with Gasteiger partial charge in [0.05, 0.1) is 0 Å². The zero-order chi connectivity index (χ0) is 9.68. The summed E-state index contributed by atoms with van der Waals surface area (Å²) >= 11 is 0. The van der Waals surface area contributed by atoms with Crippen LogP contribution in [0.5, 0.6) is 5.75 Å². The third-order valence-electron chi connectivity index (χ3n) is 1.66. The number of hydrogen-bond acceptors (Lipinski definition) is 2. The average molecular weight is 174 g/mol. The van der Waals surface area contributed by atoms with Gasteiger partial charge in [-0.15, -0.1) is 6.42 Å². The molecule has 0 N–H and O–H groups in total. The van der Waals surface area contributed by atoms with Crippen LogP contribution in [-0.2, 0) is 11.2 Å². The first-order valence-electron chi connectivity index (χ1n) is 4.03. The van der Waals surface area contributed by atoms with Crippen molar-refractivity contribution in [2.75, 3.05) is 0 Å². The molecule has 1 aromatic carbocycles. The smallest absolute Gasteiger partial charge is 0.389 e. The molecule has 0 atom stereocenters. The van der Waals surface area contributed by atoms with E-state index in [1.807, 2.05) is 18.1 Å². The van der Waals surface area contributed by atoms with E-state index < -0.39 is 5.97 Å². The maximum absolute atomic E-state index is 10.7. The number of carbonyl (C=O) groups excluding carboxylic acids is 1. The van der Waals surface area contributed by atoms with Crippen molar-refractivity contribution in [2.24, 2.45) is 0 Å². The quantitative estimate of drug-likeness (QED) is 0.296. The molecule has 0 amide bonds. The fourth-order valence-corrected chi connectivity index (χ4v) is 0.930. The zero-order valence-electron chi connectivity index (χ0n) is 7.41. The molecule has 0 heterocycles. The van der Waals surface area contributed by atoms with Crippen LogP contribution >= 0.6 is 0 Å². The summed E-state index contributed by atoms with van der Waals surface area (Å²) in [6, 6.07) is 7.26. The number of rotatable bonds is 2. The van der Waals surface area contributed by atoms with Crippen LogP contribution in [0, 0.1) is 12.3 Å². The SMILES string of the molecule is C#CC(=O)Oc1ccc(CC)cc1. The highest BCUT2D eigenvalue weighted by atomic mass is 16.5. The Balaban J connectivity index is 2.71. The van der Waals surface area contributed by atoms with Crippen LogP contribution in [0.25, 0.3) is 0 Å². The predicted molar refractivity (Wildman–Crippen MR) is 50.3 cm³/mol. The van der Waals surface area contributed by atoms with Crippen LogP contribution in [-0.4, -0.2) is 5.97 Å². The van der Waals surface area contributed by atoms with Crippen molar-refractivity contribution < 1.29 is 9.53 Å². The minimum Gasteiger partial charge on any atom is -0.417 e. The number of hydrogen-bond donors (Lipinski definition) is 0. The van der Waals surface area contributed by atoms with Gasteiger partial charge in [-0.05, 0) is 24.1 Å². The Bertz CT molecular complexity index is 330. The van der Waals surface area contributed by atoms with Gasteiger partial charge in [-0.25, -0.2) is 4.79 Å². The third-order valence-corrected chi connectivity index (χ3v) is 1.66. The third kappa shape index (κ3) is 2.64. The molecule has 2 nitrogen and oxygen atoms in total. The van der Waals surface area contributed by atoms with Gasteiger partial charge in [0.25, 0.3) is 0 Å². The van der Waals surface area contributed by atoms with E-state index in [-0.39, 0.29) is 0 Å². The molecule has 13 heavy (non-hydrogen) atoms. The minimum atomic E-state index is -0.663. The largest absolute Gasteiger partial charge is 0.417 e. The van der Waals surface area contributed by atoms with Crippen LogP contribution in [0.15, 0.2) is 24.3 Å². The van der Waals surface area contributed by atoms with E-state index in [9.17, 15) is 4.79 Å². The summed E-state index contributed by atoms with van der Waals surface area (Å²) in [5, 5.41) is 0. The van der Waals surface area contributed by atoms with Crippen LogP contribution in [0.2, 0.25) is 0 Å². The van der Waals surface area contributed by atoms with Gasteiger partial charge >= 0.3 is 5.97 Å². The molecule has 2 heteroatoms. The molecular weight excluding hydrogens is 164 g/mol. The van der Waals surface area contributed by atoms with Crippen LogP contribution in [0.1, 0.15) is 12.5 Å². The first kappa shape index (κ1) is 9.34. The number of ether oxygens (including phenoxy) is 1. The highest BCUT2D eigenvalue weighted by Gasteiger charge is 1.98. The van der Waals surface area contributed by atoms with Gasteiger partial charge in [0.15, 0.2) is 0 Å². The monoisotopic (exact) mass is 174 g/mol. The molecule has 1 rings (SSSR count). The van der Waals surface area contributed by atoms with E-state index in [1.54, 1.807) is 12.1 Å². The topological polar surface area (TPSA) is 26.3 Å². The van der Waals surface area contributed by atoms with Crippen molar-refractivity contribution in [3.63, 3.8) is 0 Å². The summed E-state index contributed by atoms with van der Waals surface area (Å²) < 4.78 is 4.79. The standard InChI is InChI=1S/C11H10O2/c1-3-9-5-7-10(8-6-9)13-11(12)4-2/h2,5-8H,3H2,1H3. The molecule has 0 aliphatic rings. The van der Waals surface area contributed by atoms with Crippen molar-refractivity contribution >= 4 is 5.97 Å². The summed E-state index contributed by atoms with van der Waals surface area (Å²) in [5.74, 6) is 1.70. The predicted octanol–water partition coefficient (Wildman–Crippen LogP) is 1.79. The maximum atomic E-state index is 10.7. The maximum Gasteiger partial charge on any atom is 0.389 e. The Labute approximate surface area is 77.5 Å². The van der Waals surface area contributed by atoms with Crippen LogP contribution in [0.3, 0.4) is 0 Å². The highest BCUT2D eigenvalue weighted by molar-refractivity contribution is 5.89. The van der Waals surface area contributed by atoms with Crippen LogP contribution < -0.4 is 4.74 Å². The van der Waals surface area contributed by atoms with Gasteiger partial charge in [-0.1, -0.05) is 19.1 Å². The van der Waals surface area contributed by atoms with Crippen LogP contribution in [0.4, 0.5) is 0 Å². The molecule has 1 aromatic rings. The van der Waals surface area contributed by atoms with E-state index in [0.29, 0.717) is 5.75 Å². The van der Waals surface area contributed by atoms with Crippen molar-refractivity contribution in [3.05, 3.63) is 29.8 Å². The summed E-state index contributed by atoms with van der Waals surface area (Å²) in [7, 11) is 0. The Kier molecular flexibility index (Phi) is 3.10. The van der Waals surface area contributed by atoms with Crippen molar-refractivity contribution in [2.45, 2.75) is 13.3 Å². The molecule has 0 saturated heterocycles. The summed E-state index contributed by atoms with van der Waals surface area (Å²) in [6.07, 6.45) is 5.81. The molecule has 66 valence electrons. The first-order chi connectivity index (χ1) is 6.26. The van der Waals surface area contributed by atoms with Gasteiger partial charge < -0.3 is 4.74 Å². The zero-order valence-corrected chi connectivity index (χ0v) is 7.41. The molecule has 0 radical (unpaired) electrons. The molecule has 0 bridgehead atoms. The first-order valence-corrected chi connectivity index (χ1v) is 4.03. The lowest BCUT2D eigenvalue weighted by molar-refractivity contribution is -0.128. The Morgan fingerprint density at radius 2 is 2.08 bits per heavy atom. The van der Waals surface area contributed by atoms with E-state index >= 15 is 0 Å². The van der Waals surface area contributed by atoms with Gasteiger partial charge in [0, 0.05) is 5.92 Å². The fraction of sp³-hybridized carbons (Fsp3) is 0.182. The lowest BCUT2D eigenvalue weighted by Gasteiger charge is -2.00. The fourth-order valence-electron chi connectivity index (χ4n) is 0.930. The number of esters is 1. The molecule has 0 aliphatic heterocycles. The summed E-state index contributed by atoms with van der Waals surface area (Å²) in [5.41, 5.74) is 1.19. The Morgan fingerprint density at radius 1 is 1.46 bits per heavy atom. The van der Waals surface area contributed by atoms with Crippen molar-refractivity contribution in [1.29, 1.82) is 0 Å². The molecule has 0 saturated carbocycles. The second kappa shape index (κ2) is 4.32. The second-order valence-electron chi connectivity index (χ2n) is 2.53. The Morgan fingerprint density at radius 3 is 2.54 bits per heavy atom. The van der Waals surface area contributed by atoms with E-state index in [0.717, 1.165) is 6.42 Å². The second-order valence-corrected chi connectivity index (χ2v) is 2.53. The highest BCUT2D eigenvalue weighted by Crippen LogP contribution is 2.12. The lowest BCUT2D eigenvalue weighted by atomic mass is 10.2. The van der Waals surface area contributed by atoms with Gasteiger partial charge in [0.1, 0.15) is 5.75 Å². The molecular formula is C11H10O2. The Hall–Kier alpha value is -1.75. The van der Waals surface area contributed by atoms with Gasteiger partial charge in [-0.3, -0.25) is 0 Å². The number of carbonyl (C=O) groups is 1. The summed E-state index contributed by atoms with van der Waals surface area (Å²) in [6.45, 7) is 2.06. The number of aryl methyl sites for hydroxylation is 1. The molecule has 0 fully saturated rings. The molecule has 0 unspecified atom stereocenters. The number of benzene rings is 1. The average Bonchev–Trinajstić information content (AvgIpc) is 2.19. The lowest BCUT2D eigenvalue weighted by Crippen LogP contribution is -2.03. The number of terminal acetylenes is 1. The van der Waals surface area contributed by atoms with E-state index in [2.05, 4.69) is 6.92 Å². The van der Waals surface area contributed by atoms with Crippen molar-refractivity contribution in [3.8, 4) is 18.1 Å². The van der Waals surface area contributed by atoms with E-state index in [1.165, 1.54) is 5.56 Å².